The van der Waals surface area contributed by atoms with Crippen LogP contribution in [-0.4, -0.2) is 95.9 Å². The highest BCUT2D eigenvalue weighted by Gasteiger charge is 2.29. The van der Waals surface area contributed by atoms with Gasteiger partial charge in [-0.15, -0.1) is 0 Å². The van der Waals surface area contributed by atoms with Crippen LogP contribution in [0.2, 0.25) is 0 Å². The predicted octanol–water partition coefficient (Wildman–Crippen LogP) is 29.0. The molecule has 0 aliphatic heterocycles. The van der Waals surface area contributed by atoms with Gasteiger partial charge >= 0.3 is 33.6 Å². The second kappa shape index (κ2) is 91.6. The molecule has 0 aliphatic carbocycles. The second-order valence-electron chi connectivity index (χ2n) is 30.7. The molecule has 0 aromatic carbocycles. The molecule has 0 rings (SSSR count). The molecule has 0 aliphatic rings. The Morgan fingerprint density at radius 2 is 0.420 bits per heavy atom. The van der Waals surface area contributed by atoms with Crippen molar-refractivity contribution in [3.05, 3.63) is 194 Å². The van der Waals surface area contributed by atoms with Gasteiger partial charge in [0.1, 0.15) is 25.4 Å². The number of allylic oxidation sites excluding steroid dienone is 32. The van der Waals surface area contributed by atoms with E-state index in [1.807, 2.05) is 0 Å². The minimum Gasteiger partial charge on any atom is -0.463 e. The maximum atomic E-state index is 13.1. The van der Waals surface area contributed by atoms with Crippen LogP contribution in [0, 0.1) is 0 Å². The van der Waals surface area contributed by atoms with Crippen molar-refractivity contribution in [1.82, 2.24) is 0 Å². The van der Waals surface area contributed by atoms with Crippen molar-refractivity contribution >= 4 is 33.6 Å². The molecule has 119 heavy (non-hydrogen) atoms. The molecule has 0 saturated heterocycles. The minimum absolute atomic E-state index is 0.0820. The summed E-state index contributed by atoms with van der Waals surface area (Å²) in [7, 11) is -9.82. The number of ether oxygens (including phenoxy) is 3. The van der Waals surface area contributed by atoms with Crippen molar-refractivity contribution in [2.24, 2.45) is 0 Å². The van der Waals surface area contributed by atoms with E-state index in [1.54, 1.807) is 0 Å². The summed E-state index contributed by atoms with van der Waals surface area (Å²) < 4.78 is 61.5. The van der Waals surface area contributed by atoms with E-state index in [-0.39, 0.29) is 19.3 Å². The number of unbranched alkanes of at least 4 members (excludes halogenated alkanes) is 32. The zero-order valence-corrected chi connectivity index (χ0v) is 76.5. The maximum Gasteiger partial charge on any atom is 0.472 e. The third kappa shape index (κ3) is 92.9. The SMILES string of the molecule is CC/C=C\C/C=C\C/C=C\C/C=C\C/C=C\C/C=C\CCCCCCCCCCCCCCCCCCC(=O)OCC(O)COP(=O)(O)OCC(O)COP(=O)(O)OCC(COC(=O)CCCCCCCCCCCC/C=C\C/C=C\C/C=C\C/C=C\C/C=C\C/C=C\CC)OC(=O)CCCCCCCC/C=C\C/C=C\C/C=C\C/C=C\CC. The molecule has 0 fully saturated rings. The molecule has 0 radical (unpaired) electrons. The van der Waals surface area contributed by atoms with Crippen LogP contribution < -0.4 is 0 Å². The smallest absolute Gasteiger partial charge is 0.463 e. The van der Waals surface area contributed by atoms with Crippen LogP contribution in [0.25, 0.3) is 0 Å². The monoisotopic (exact) mass is 1700 g/mol. The number of aliphatic hydroxyl groups excluding tert-OH is 2. The standard InChI is InChI=1S/C101H168O16P2/c1-4-7-10-13-16-19-22-25-28-31-34-36-38-40-42-44-45-46-47-48-49-51-53-54-56-58-61-63-66-69-72-75-78-81-84-87-99(104)111-90-96(102)91-113-118(107,108)114-92-97(103)93-115-119(109,110)116-95-98(117-101(106)89-86-83-80-77-74-71-68-65-60-33-30-27-24-21-18-15-12-9-6-3)94-112-100(105)88-85-82-79-76-73-70-67-64-62-59-57-55-52-50-43-41-39-37-35-32-29-26-23-20-17-14-11-8-5-2/h7-12,16-21,25-30,34-37,40-43,45-46,52,55,60,65,96-98,102-103H,4-6,13-15,22-24,31-33,38-39,44,47-51,53-54,56-59,61-64,66-95H2,1-3H3,(H,107,108)(H,109,110)/b10-7-,11-8-,12-9-,19-16-,20-17-,21-18-,28-25-,29-26-,30-27-,36-34-,37-35-,42-40-,43-41-,46-45-,55-52-,65-60-. The van der Waals surface area contributed by atoms with Crippen LogP contribution in [0.5, 0.6) is 0 Å². The number of carbonyl (C=O) groups excluding carboxylic acids is 3. The van der Waals surface area contributed by atoms with E-state index in [1.165, 1.54) is 116 Å². The van der Waals surface area contributed by atoms with Crippen molar-refractivity contribution < 1.29 is 75.8 Å². The molecule has 0 spiro atoms. The van der Waals surface area contributed by atoms with Crippen molar-refractivity contribution in [3.8, 4) is 0 Å². The molecule has 0 aromatic rings. The van der Waals surface area contributed by atoms with Gasteiger partial charge in [-0.05, 0) is 161 Å². The first kappa shape index (κ1) is 113. The highest BCUT2D eigenvalue weighted by atomic mass is 31.2. The number of aliphatic hydroxyl groups is 2. The third-order valence-electron chi connectivity index (χ3n) is 19.3. The number of phosphoric ester groups is 2. The van der Waals surface area contributed by atoms with E-state index < -0.39 is 91.5 Å². The fourth-order valence-corrected chi connectivity index (χ4v) is 13.9. The van der Waals surface area contributed by atoms with Gasteiger partial charge in [0.15, 0.2) is 6.10 Å². The Hall–Kier alpha value is -5.61. The molecule has 0 aromatic heterocycles. The zero-order valence-electron chi connectivity index (χ0n) is 74.7. The lowest BCUT2D eigenvalue weighted by atomic mass is 10.0. The third-order valence-corrected chi connectivity index (χ3v) is 21.2. The molecule has 4 N–H and O–H groups in total. The van der Waals surface area contributed by atoms with Crippen molar-refractivity contribution in [2.45, 2.75) is 386 Å². The molecule has 0 heterocycles. The van der Waals surface area contributed by atoms with Crippen LogP contribution >= 0.6 is 15.6 Å². The molecule has 0 saturated carbocycles. The van der Waals surface area contributed by atoms with E-state index in [4.69, 9.17) is 32.3 Å². The van der Waals surface area contributed by atoms with Crippen LogP contribution in [-0.2, 0) is 55.8 Å². The summed E-state index contributed by atoms with van der Waals surface area (Å²) in [5.74, 6) is -1.59. The Kier molecular flexibility index (Phi) is 87.3. The lowest BCUT2D eigenvalue weighted by Gasteiger charge is -2.21. The fourth-order valence-electron chi connectivity index (χ4n) is 12.3. The Labute approximate surface area is 725 Å². The van der Waals surface area contributed by atoms with Gasteiger partial charge in [-0.25, -0.2) is 9.13 Å². The number of esters is 3. The number of hydrogen-bond acceptors (Lipinski definition) is 14. The van der Waals surface area contributed by atoms with Gasteiger partial charge in [-0.3, -0.25) is 32.5 Å². The van der Waals surface area contributed by atoms with Gasteiger partial charge in [-0.2, -0.15) is 0 Å². The summed E-state index contributed by atoms with van der Waals surface area (Å²) in [6, 6.07) is 0. The van der Waals surface area contributed by atoms with Crippen molar-refractivity contribution in [2.75, 3.05) is 39.6 Å². The van der Waals surface area contributed by atoms with E-state index in [9.17, 15) is 43.5 Å². The quantitative estimate of drug-likeness (QED) is 0.0146. The molecule has 0 bridgehead atoms. The van der Waals surface area contributed by atoms with Gasteiger partial charge in [0.25, 0.3) is 0 Å². The normalized spacial score (nSPS) is 14.6. The lowest BCUT2D eigenvalue weighted by Crippen LogP contribution is -2.30. The van der Waals surface area contributed by atoms with Crippen molar-refractivity contribution in [3.63, 3.8) is 0 Å². The van der Waals surface area contributed by atoms with E-state index in [0.717, 1.165) is 193 Å². The fraction of sp³-hybridized carbons (Fsp3) is 0.653. The summed E-state index contributed by atoms with van der Waals surface area (Å²) in [5, 5.41) is 20.7. The maximum absolute atomic E-state index is 13.1. The minimum atomic E-state index is -4.95. The molecule has 16 nitrogen and oxygen atoms in total. The summed E-state index contributed by atoms with van der Waals surface area (Å²) in [6.07, 6.45) is 122. The highest BCUT2D eigenvalue weighted by molar-refractivity contribution is 7.47. The topological polar surface area (TPSA) is 231 Å². The van der Waals surface area contributed by atoms with Crippen LogP contribution in [0.1, 0.15) is 367 Å². The lowest BCUT2D eigenvalue weighted by molar-refractivity contribution is -0.161. The number of carbonyl (C=O) groups is 3. The molecule has 18 heteroatoms. The van der Waals surface area contributed by atoms with Gasteiger partial charge in [0, 0.05) is 19.3 Å². The summed E-state index contributed by atoms with van der Waals surface area (Å²) in [6.45, 7) is 2.35. The van der Waals surface area contributed by atoms with Crippen molar-refractivity contribution in [1.29, 1.82) is 0 Å². The molecular weight excluding hydrogens is 1530 g/mol. The van der Waals surface area contributed by atoms with Crippen LogP contribution in [0.4, 0.5) is 0 Å². The predicted molar refractivity (Wildman–Crippen MR) is 500 cm³/mol. The first-order chi connectivity index (χ1) is 58.2. The van der Waals surface area contributed by atoms with E-state index in [0.29, 0.717) is 19.3 Å². The Morgan fingerprint density at radius 3 is 0.664 bits per heavy atom. The highest BCUT2D eigenvalue weighted by Crippen LogP contribution is 2.45. The van der Waals surface area contributed by atoms with Gasteiger partial charge in [-0.1, -0.05) is 382 Å². The average molecular weight is 1700 g/mol. The Bertz CT molecular complexity index is 2940. The van der Waals surface area contributed by atoms with Gasteiger partial charge in [0.05, 0.1) is 26.4 Å². The molecule has 5 atom stereocenters. The Balaban J connectivity index is 4.54. The average Bonchev–Trinajstić information content (AvgIpc) is 0.924. The first-order valence-electron chi connectivity index (χ1n) is 46.7. The van der Waals surface area contributed by atoms with Crippen LogP contribution in [0.3, 0.4) is 0 Å². The summed E-state index contributed by atoms with van der Waals surface area (Å²) in [5.41, 5.74) is 0. The number of hydrogen-bond donors (Lipinski definition) is 4. The first-order valence-corrected chi connectivity index (χ1v) is 49.7. The van der Waals surface area contributed by atoms with E-state index >= 15 is 0 Å². The Morgan fingerprint density at radius 1 is 0.235 bits per heavy atom. The number of phosphoric acid groups is 2. The van der Waals surface area contributed by atoms with Gasteiger partial charge in [0.2, 0.25) is 0 Å². The zero-order chi connectivity index (χ0) is 86.5. The second-order valence-corrected chi connectivity index (χ2v) is 33.6. The van der Waals surface area contributed by atoms with Gasteiger partial charge < -0.3 is 34.2 Å². The summed E-state index contributed by atoms with van der Waals surface area (Å²) >= 11 is 0. The molecule has 5 unspecified atom stereocenters. The summed E-state index contributed by atoms with van der Waals surface area (Å²) in [4.78, 5) is 59.0. The largest absolute Gasteiger partial charge is 0.472 e. The molecular formula is C101H168O16P2. The van der Waals surface area contributed by atoms with E-state index in [2.05, 4.69) is 215 Å². The van der Waals surface area contributed by atoms with Crippen LogP contribution in [0.15, 0.2) is 194 Å². The number of rotatable bonds is 87. The molecule has 678 valence electrons. The molecule has 0 amide bonds.